The molecule has 0 radical (unpaired) electrons. The Hall–Kier alpha value is -2.44. The number of carbonyl (C=O) groups excluding carboxylic acids is 1. The lowest BCUT2D eigenvalue weighted by Gasteiger charge is -1.99. The van der Waals surface area contributed by atoms with E-state index in [0.29, 0.717) is 5.69 Å². The Morgan fingerprint density at radius 2 is 2.39 bits per heavy atom. The smallest absolute Gasteiger partial charge is 0.360 e. The van der Waals surface area contributed by atoms with E-state index in [1.807, 2.05) is 0 Å². The van der Waals surface area contributed by atoms with Gasteiger partial charge >= 0.3 is 5.97 Å². The highest BCUT2D eigenvalue weighted by molar-refractivity contribution is 5.87. The summed E-state index contributed by atoms with van der Waals surface area (Å²) in [4.78, 5) is 18.8. The Bertz CT molecular complexity index is 556. The first-order valence-corrected chi connectivity index (χ1v) is 5.19. The van der Waals surface area contributed by atoms with Crippen molar-refractivity contribution in [2.45, 2.75) is 6.92 Å². The number of oxazole rings is 1. The third kappa shape index (κ3) is 2.82. The number of nitrogens with zero attached hydrogens (tertiary/aromatic N) is 2. The second-order valence-electron chi connectivity index (χ2n) is 3.28. The molecule has 0 aliphatic heterocycles. The number of esters is 1. The molecule has 2 rings (SSSR count). The van der Waals surface area contributed by atoms with Crippen molar-refractivity contribution in [1.29, 1.82) is 0 Å². The first-order valence-electron chi connectivity index (χ1n) is 5.19. The van der Waals surface area contributed by atoms with Crippen molar-refractivity contribution in [2.75, 3.05) is 11.9 Å². The van der Waals surface area contributed by atoms with Crippen LogP contribution in [-0.4, -0.2) is 22.5 Å². The predicted molar refractivity (Wildman–Crippen MR) is 59.9 cm³/mol. The van der Waals surface area contributed by atoms with E-state index in [2.05, 4.69) is 15.3 Å². The Kier molecular flexibility index (Phi) is 3.52. The van der Waals surface area contributed by atoms with E-state index in [9.17, 15) is 9.18 Å². The second-order valence-corrected chi connectivity index (χ2v) is 3.28. The zero-order valence-electron chi connectivity index (χ0n) is 9.51. The van der Waals surface area contributed by atoms with Gasteiger partial charge in [-0.1, -0.05) is 0 Å². The van der Waals surface area contributed by atoms with Crippen molar-refractivity contribution in [1.82, 2.24) is 9.97 Å². The lowest BCUT2D eigenvalue weighted by atomic mass is 10.4. The summed E-state index contributed by atoms with van der Waals surface area (Å²) >= 11 is 0. The Morgan fingerprint density at radius 1 is 1.56 bits per heavy atom. The van der Waals surface area contributed by atoms with E-state index >= 15 is 0 Å². The summed E-state index contributed by atoms with van der Waals surface area (Å²) in [6.07, 6.45) is 3.63. The molecule has 1 N–H and O–H groups in total. The number of ether oxygens (including phenoxy) is 1. The normalized spacial score (nSPS) is 10.1. The molecule has 0 spiro atoms. The van der Waals surface area contributed by atoms with E-state index in [1.165, 1.54) is 12.3 Å². The highest BCUT2D eigenvalue weighted by Crippen LogP contribution is 2.16. The fourth-order valence-electron chi connectivity index (χ4n) is 1.23. The number of nitrogens with one attached hydrogen (secondary N) is 1. The molecule has 7 heteroatoms. The SMILES string of the molecule is CCOC(=O)c1coc(Nc2cncc(F)c2)n1. The topological polar surface area (TPSA) is 77.2 Å². The summed E-state index contributed by atoms with van der Waals surface area (Å²) in [7, 11) is 0. The summed E-state index contributed by atoms with van der Waals surface area (Å²) in [5.74, 6) is -1.07. The number of anilines is 2. The molecule has 0 saturated carbocycles. The van der Waals surface area contributed by atoms with Gasteiger partial charge in [-0.15, -0.1) is 0 Å². The minimum Gasteiger partial charge on any atom is -0.461 e. The molecule has 0 unspecified atom stereocenters. The van der Waals surface area contributed by atoms with E-state index in [-0.39, 0.29) is 18.3 Å². The number of hydrogen-bond acceptors (Lipinski definition) is 6. The molecule has 0 aromatic carbocycles. The zero-order valence-corrected chi connectivity index (χ0v) is 9.51. The van der Waals surface area contributed by atoms with Crippen LogP contribution in [0.4, 0.5) is 16.1 Å². The Labute approximate surface area is 102 Å². The maximum atomic E-state index is 12.9. The van der Waals surface area contributed by atoms with Gasteiger partial charge in [0.1, 0.15) is 12.1 Å². The van der Waals surface area contributed by atoms with Crippen LogP contribution in [0.5, 0.6) is 0 Å². The average molecular weight is 251 g/mol. The van der Waals surface area contributed by atoms with Gasteiger partial charge in [0, 0.05) is 6.07 Å². The van der Waals surface area contributed by atoms with Gasteiger partial charge in [0.05, 0.1) is 24.7 Å². The van der Waals surface area contributed by atoms with Crippen LogP contribution >= 0.6 is 0 Å². The number of carbonyl (C=O) groups is 1. The van der Waals surface area contributed by atoms with Crippen LogP contribution in [0.25, 0.3) is 0 Å². The van der Waals surface area contributed by atoms with Crippen LogP contribution in [0.2, 0.25) is 0 Å². The van der Waals surface area contributed by atoms with E-state index in [4.69, 9.17) is 9.15 Å². The van der Waals surface area contributed by atoms with Crippen LogP contribution in [0, 0.1) is 5.82 Å². The number of rotatable bonds is 4. The monoisotopic (exact) mass is 251 g/mol. The van der Waals surface area contributed by atoms with Gasteiger partial charge in [-0.3, -0.25) is 4.98 Å². The quantitative estimate of drug-likeness (QED) is 0.839. The van der Waals surface area contributed by atoms with Gasteiger partial charge in [-0.25, -0.2) is 9.18 Å². The molecule has 0 aliphatic rings. The zero-order chi connectivity index (χ0) is 13.0. The van der Waals surface area contributed by atoms with Crippen molar-refractivity contribution in [3.63, 3.8) is 0 Å². The molecule has 0 bridgehead atoms. The number of halogens is 1. The predicted octanol–water partition coefficient (Wildman–Crippen LogP) is 2.13. The van der Waals surface area contributed by atoms with Gasteiger partial charge < -0.3 is 14.5 Å². The second kappa shape index (κ2) is 5.26. The molecule has 0 aliphatic carbocycles. The molecule has 0 amide bonds. The molecule has 2 heterocycles. The van der Waals surface area contributed by atoms with Crippen molar-refractivity contribution in [3.05, 3.63) is 36.2 Å². The minimum absolute atomic E-state index is 0.0451. The maximum Gasteiger partial charge on any atom is 0.360 e. The summed E-state index contributed by atoms with van der Waals surface area (Å²) in [6.45, 7) is 1.94. The number of aromatic nitrogens is 2. The lowest BCUT2D eigenvalue weighted by molar-refractivity contribution is 0.0519. The molecule has 2 aromatic rings. The summed E-state index contributed by atoms with van der Waals surface area (Å²) < 4.78 is 22.6. The fraction of sp³-hybridized carbons (Fsp3) is 0.182. The van der Waals surface area contributed by atoms with Crippen LogP contribution in [0.1, 0.15) is 17.4 Å². The van der Waals surface area contributed by atoms with Crippen LogP contribution in [0.15, 0.2) is 29.1 Å². The Balaban J connectivity index is 2.09. The summed E-state index contributed by atoms with van der Waals surface area (Å²) in [6, 6.07) is 1.28. The largest absolute Gasteiger partial charge is 0.461 e. The third-order valence-electron chi connectivity index (χ3n) is 1.94. The average Bonchev–Trinajstić information content (AvgIpc) is 2.78. The van der Waals surface area contributed by atoms with Gasteiger partial charge in [-0.2, -0.15) is 4.98 Å². The summed E-state index contributed by atoms with van der Waals surface area (Å²) in [5.41, 5.74) is 0.413. The minimum atomic E-state index is -0.577. The maximum absolute atomic E-state index is 12.9. The first kappa shape index (κ1) is 12.0. The molecular weight excluding hydrogens is 241 g/mol. The number of pyridine rings is 1. The van der Waals surface area contributed by atoms with Crippen molar-refractivity contribution in [2.24, 2.45) is 0 Å². The van der Waals surface area contributed by atoms with Crippen molar-refractivity contribution >= 4 is 17.7 Å². The number of hydrogen-bond donors (Lipinski definition) is 1. The molecule has 94 valence electrons. The standard InChI is InChI=1S/C11H10FN3O3/c1-2-17-10(16)9-6-18-11(15-9)14-8-3-7(12)4-13-5-8/h3-6H,2H2,1H3,(H,14,15). The van der Waals surface area contributed by atoms with Gasteiger partial charge in [-0.05, 0) is 6.92 Å². The van der Waals surface area contributed by atoms with E-state index in [0.717, 1.165) is 12.5 Å². The molecule has 2 aromatic heterocycles. The molecule has 0 fully saturated rings. The Morgan fingerprint density at radius 3 is 3.11 bits per heavy atom. The highest BCUT2D eigenvalue weighted by atomic mass is 19.1. The molecule has 18 heavy (non-hydrogen) atoms. The van der Waals surface area contributed by atoms with Gasteiger partial charge in [0.2, 0.25) is 0 Å². The molecular formula is C11H10FN3O3. The van der Waals surface area contributed by atoms with Crippen molar-refractivity contribution < 1.29 is 18.3 Å². The van der Waals surface area contributed by atoms with E-state index in [1.54, 1.807) is 6.92 Å². The molecule has 0 saturated heterocycles. The first-order chi connectivity index (χ1) is 8.69. The van der Waals surface area contributed by atoms with Crippen LogP contribution in [0.3, 0.4) is 0 Å². The van der Waals surface area contributed by atoms with Crippen LogP contribution < -0.4 is 5.32 Å². The van der Waals surface area contributed by atoms with Gasteiger partial charge in [0.25, 0.3) is 6.01 Å². The molecule has 6 nitrogen and oxygen atoms in total. The van der Waals surface area contributed by atoms with Crippen LogP contribution in [-0.2, 0) is 4.74 Å². The van der Waals surface area contributed by atoms with Crippen molar-refractivity contribution in [3.8, 4) is 0 Å². The third-order valence-corrected chi connectivity index (χ3v) is 1.94. The highest BCUT2D eigenvalue weighted by Gasteiger charge is 2.13. The molecule has 0 atom stereocenters. The van der Waals surface area contributed by atoms with Gasteiger partial charge in [0.15, 0.2) is 5.69 Å². The fourth-order valence-corrected chi connectivity index (χ4v) is 1.23. The van der Waals surface area contributed by atoms with E-state index < -0.39 is 11.8 Å². The summed E-state index contributed by atoms with van der Waals surface area (Å²) in [5, 5.41) is 2.67. The lowest BCUT2D eigenvalue weighted by Crippen LogP contribution is -2.05.